The van der Waals surface area contributed by atoms with E-state index in [0.29, 0.717) is 5.56 Å². The number of hydrogen-bond donors (Lipinski definition) is 3. The number of para-hydroxylation sites is 2. The van der Waals surface area contributed by atoms with Crippen LogP contribution in [0.1, 0.15) is 15.9 Å². The lowest BCUT2D eigenvalue weighted by Crippen LogP contribution is -2.13. The summed E-state index contributed by atoms with van der Waals surface area (Å²) in [5, 5.41) is 32.7. The Hall–Kier alpha value is -3.09. The molecule has 0 fully saturated rings. The number of phenolic OH excluding ortho intramolecular Hbond substituents is 2. The highest BCUT2D eigenvalue weighted by Crippen LogP contribution is 2.34. The van der Waals surface area contributed by atoms with E-state index in [1.54, 1.807) is 19.1 Å². The Morgan fingerprint density at radius 1 is 1.19 bits per heavy atom. The fraction of sp³-hybridized carbons (Fsp3) is 0.0714. The van der Waals surface area contributed by atoms with Gasteiger partial charge in [0.15, 0.2) is 5.69 Å². The molecule has 1 amide bonds. The highest BCUT2D eigenvalue weighted by molar-refractivity contribution is 6.08. The number of carbonyl (C=O) groups excluding carboxylic acids is 1. The first-order valence-corrected chi connectivity index (χ1v) is 5.98. The Labute approximate surface area is 119 Å². The minimum atomic E-state index is -0.749. The topological polar surface area (TPSA) is 113 Å². The molecule has 3 N–H and O–H groups in total. The number of benzene rings is 2. The number of phenols is 2. The highest BCUT2D eigenvalue weighted by atomic mass is 16.6. The third kappa shape index (κ3) is 2.76. The van der Waals surface area contributed by atoms with Gasteiger partial charge in [-0.3, -0.25) is 14.9 Å². The monoisotopic (exact) mass is 288 g/mol. The maximum atomic E-state index is 12.1. The molecule has 0 saturated heterocycles. The molecule has 0 radical (unpaired) electrons. The quantitative estimate of drug-likeness (QED) is 0.456. The van der Waals surface area contributed by atoms with Crippen molar-refractivity contribution in [3.8, 4) is 11.5 Å². The predicted octanol–water partition coefficient (Wildman–Crippen LogP) is 2.57. The van der Waals surface area contributed by atoms with Crippen LogP contribution >= 0.6 is 0 Å². The Morgan fingerprint density at radius 3 is 2.52 bits per heavy atom. The van der Waals surface area contributed by atoms with Gasteiger partial charge in [0, 0.05) is 6.07 Å². The number of carbonyl (C=O) groups is 1. The van der Waals surface area contributed by atoms with Crippen molar-refractivity contribution in [3.63, 3.8) is 0 Å². The summed E-state index contributed by atoms with van der Waals surface area (Å²) in [7, 11) is 0. The van der Waals surface area contributed by atoms with Crippen LogP contribution in [0.4, 0.5) is 11.4 Å². The predicted molar refractivity (Wildman–Crippen MR) is 75.6 cm³/mol. The van der Waals surface area contributed by atoms with Gasteiger partial charge in [0.2, 0.25) is 0 Å². The first-order chi connectivity index (χ1) is 9.91. The molecule has 108 valence electrons. The minimum Gasteiger partial charge on any atom is -0.507 e. The molecule has 0 saturated carbocycles. The summed E-state index contributed by atoms with van der Waals surface area (Å²) >= 11 is 0. The molecule has 0 aliphatic carbocycles. The van der Waals surface area contributed by atoms with Crippen molar-refractivity contribution in [2.45, 2.75) is 6.92 Å². The molecule has 0 aromatic heterocycles. The third-order valence-electron chi connectivity index (χ3n) is 2.94. The van der Waals surface area contributed by atoms with Crippen LogP contribution in [-0.2, 0) is 0 Å². The Kier molecular flexibility index (Phi) is 3.75. The number of amides is 1. The zero-order valence-corrected chi connectivity index (χ0v) is 11.0. The van der Waals surface area contributed by atoms with Gasteiger partial charge in [0.1, 0.15) is 11.5 Å². The average molecular weight is 288 g/mol. The number of rotatable bonds is 3. The molecule has 7 nitrogen and oxygen atoms in total. The van der Waals surface area contributed by atoms with E-state index in [4.69, 9.17) is 0 Å². The van der Waals surface area contributed by atoms with Crippen LogP contribution < -0.4 is 5.32 Å². The number of nitrogens with one attached hydrogen (secondary N) is 1. The molecule has 2 aromatic rings. The van der Waals surface area contributed by atoms with Crippen LogP contribution in [0.5, 0.6) is 11.5 Å². The molecule has 0 aliphatic heterocycles. The smallest absolute Gasteiger partial charge is 0.296 e. The van der Waals surface area contributed by atoms with E-state index in [1.165, 1.54) is 18.2 Å². The molecule has 0 atom stereocenters. The number of aryl methyl sites for hydroxylation is 1. The molecule has 0 bridgehead atoms. The molecule has 21 heavy (non-hydrogen) atoms. The number of nitro groups is 1. The highest BCUT2D eigenvalue weighted by Gasteiger charge is 2.21. The second kappa shape index (κ2) is 5.49. The number of aromatic hydroxyl groups is 2. The van der Waals surface area contributed by atoms with Gasteiger partial charge in [-0.1, -0.05) is 18.2 Å². The lowest BCUT2D eigenvalue weighted by molar-refractivity contribution is -0.384. The molecular weight excluding hydrogens is 276 g/mol. The molecule has 0 unspecified atom stereocenters. The Bertz CT molecular complexity index is 727. The van der Waals surface area contributed by atoms with E-state index in [9.17, 15) is 25.1 Å². The maximum Gasteiger partial charge on any atom is 0.296 e. The van der Waals surface area contributed by atoms with E-state index in [-0.39, 0.29) is 17.0 Å². The minimum absolute atomic E-state index is 0.0347. The fourth-order valence-corrected chi connectivity index (χ4v) is 1.83. The van der Waals surface area contributed by atoms with Gasteiger partial charge in [-0.25, -0.2) is 0 Å². The molecule has 0 heterocycles. The largest absolute Gasteiger partial charge is 0.507 e. The standard InChI is InChI=1S/C14H12N2O5/c1-8-4-2-5-9(13(8)18)14(19)15-12-10(16(20)21)6-3-7-11(12)17/h2-7,17-18H,1H3,(H,15,19). The van der Waals surface area contributed by atoms with Crippen LogP contribution in [-0.4, -0.2) is 21.0 Å². The van der Waals surface area contributed by atoms with Crippen molar-refractivity contribution in [3.05, 3.63) is 57.6 Å². The normalized spacial score (nSPS) is 10.1. The molecular formula is C14H12N2O5. The molecule has 0 spiro atoms. The van der Waals surface area contributed by atoms with Crippen molar-refractivity contribution in [2.24, 2.45) is 0 Å². The van der Waals surface area contributed by atoms with E-state index in [0.717, 1.165) is 6.07 Å². The number of hydrogen-bond acceptors (Lipinski definition) is 5. The van der Waals surface area contributed by atoms with Crippen LogP contribution in [0.25, 0.3) is 0 Å². The zero-order chi connectivity index (χ0) is 15.6. The summed E-state index contributed by atoms with van der Waals surface area (Å²) in [4.78, 5) is 22.3. The first-order valence-electron chi connectivity index (χ1n) is 5.98. The summed E-state index contributed by atoms with van der Waals surface area (Å²) in [5.41, 5.74) is -0.286. The first kappa shape index (κ1) is 14.3. The molecule has 2 aromatic carbocycles. The SMILES string of the molecule is Cc1cccc(C(=O)Nc2c(O)cccc2[N+](=O)[O-])c1O. The van der Waals surface area contributed by atoms with Crippen molar-refractivity contribution in [1.82, 2.24) is 0 Å². The summed E-state index contributed by atoms with van der Waals surface area (Å²) in [6.45, 7) is 1.62. The van der Waals surface area contributed by atoms with Crippen molar-refractivity contribution in [1.29, 1.82) is 0 Å². The lowest BCUT2D eigenvalue weighted by Gasteiger charge is -2.09. The van der Waals surface area contributed by atoms with E-state index in [1.807, 2.05) is 0 Å². The number of nitro benzene ring substituents is 1. The lowest BCUT2D eigenvalue weighted by atomic mass is 10.1. The number of anilines is 1. The van der Waals surface area contributed by atoms with Crippen LogP contribution in [0.3, 0.4) is 0 Å². The summed E-state index contributed by atoms with van der Waals surface area (Å²) in [6.07, 6.45) is 0. The van der Waals surface area contributed by atoms with Gasteiger partial charge in [0.25, 0.3) is 11.6 Å². The van der Waals surface area contributed by atoms with Crippen molar-refractivity contribution < 1.29 is 19.9 Å². The second-order valence-corrected chi connectivity index (χ2v) is 4.35. The molecule has 0 aliphatic rings. The van der Waals surface area contributed by atoms with Crippen molar-refractivity contribution >= 4 is 17.3 Å². The van der Waals surface area contributed by atoms with Gasteiger partial charge < -0.3 is 15.5 Å². The average Bonchev–Trinajstić information content (AvgIpc) is 2.43. The molecule has 2 rings (SSSR count). The van der Waals surface area contributed by atoms with Gasteiger partial charge in [-0.2, -0.15) is 0 Å². The van der Waals surface area contributed by atoms with E-state index >= 15 is 0 Å². The summed E-state index contributed by atoms with van der Waals surface area (Å²) in [5.74, 6) is -1.39. The Morgan fingerprint density at radius 2 is 1.86 bits per heavy atom. The van der Waals surface area contributed by atoms with Gasteiger partial charge >= 0.3 is 0 Å². The van der Waals surface area contributed by atoms with E-state index in [2.05, 4.69) is 5.32 Å². The van der Waals surface area contributed by atoms with Crippen LogP contribution in [0.2, 0.25) is 0 Å². The summed E-state index contributed by atoms with van der Waals surface area (Å²) < 4.78 is 0. The maximum absolute atomic E-state index is 12.1. The Balaban J connectivity index is 2.41. The summed E-state index contributed by atoms with van der Waals surface area (Å²) in [6, 6.07) is 8.25. The van der Waals surface area contributed by atoms with Gasteiger partial charge in [-0.15, -0.1) is 0 Å². The molecule has 7 heteroatoms. The van der Waals surface area contributed by atoms with Crippen LogP contribution in [0, 0.1) is 17.0 Å². The van der Waals surface area contributed by atoms with Gasteiger partial charge in [0.05, 0.1) is 10.5 Å². The van der Waals surface area contributed by atoms with E-state index < -0.39 is 22.3 Å². The van der Waals surface area contributed by atoms with Crippen LogP contribution in [0.15, 0.2) is 36.4 Å². The zero-order valence-electron chi connectivity index (χ0n) is 11.0. The number of nitrogens with zero attached hydrogens (tertiary/aromatic N) is 1. The van der Waals surface area contributed by atoms with Crippen molar-refractivity contribution in [2.75, 3.05) is 5.32 Å². The second-order valence-electron chi connectivity index (χ2n) is 4.35. The van der Waals surface area contributed by atoms with Gasteiger partial charge in [-0.05, 0) is 24.6 Å². The third-order valence-corrected chi connectivity index (χ3v) is 2.94. The fourth-order valence-electron chi connectivity index (χ4n) is 1.83.